The lowest BCUT2D eigenvalue weighted by molar-refractivity contribution is -0.160. The second-order valence-electron chi connectivity index (χ2n) is 11.3. The number of amides is 3. The largest absolute Gasteiger partial charge is 0.460 e. The van der Waals surface area contributed by atoms with Gasteiger partial charge in [0.25, 0.3) is 0 Å². The van der Waals surface area contributed by atoms with Crippen molar-refractivity contribution in [2.45, 2.75) is 109 Å². The van der Waals surface area contributed by atoms with Crippen LogP contribution < -0.4 is 5.32 Å². The number of ether oxygens (including phenoxy) is 2. The van der Waals surface area contributed by atoms with Crippen molar-refractivity contribution in [3.63, 3.8) is 0 Å². The Bertz CT molecular complexity index is 967. The predicted molar refractivity (Wildman–Crippen MR) is 150 cm³/mol. The van der Waals surface area contributed by atoms with E-state index in [9.17, 15) is 24.3 Å². The van der Waals surface area contributed by atoms with Gasteiger partial charge in [-0.15, -0.1) is 13.2 Å². The van der Waals surface area contributed by atoms with Gasteiger partial charge in [0.05, 0.1) is 37.1 Å². The molecule has 224 valence electrons. The lowest BCUT2D eigenvalue weighted by Crippen LogP contribution is -2.60. The van der Waals surface area contributed by atoms with E-state index in [1.165, 1.54) is 4.90 Å². The number of carbonyl (C=O) groups is 4. The van der Waals surface area contributed by atoms with Crippen molar-refractivity contribution in [3.05, 3.63) is 25.3 Å². The van der Waals surface area contributed by atoms with Crippen LogP contribution in [0, 0.1) is 11.8 Å². The number of rotatable bonds is 16. The summed E-state index contributed by atoms with van der Waals surface area (Å²) in [4.78, 5) is 57.1. The van der Waals surface area contributed by atoms with Crippen LogP contribution in [0.5, 0.6) is 0 Å². The number of esters is 1. The van der Waals surface area contributed by atoms with E-state index in [0.717, 1.165) is 12.8 Å². The molecule has 2 N–H and O–H groups in total. The Balaban J connectivity index is 1.89. The SMILES string of the molecule is C=CCCC(=O)NC[C@H](C)OC(=O)[C@@H]1[C@@H]2CC[C@]3(O2)[C@H](C(=O)N(CC=C)C(C)CCC)N([C@@H](CC)CO)C(=O)[C@@H]13. The molecule has 3 saturated heterocycles. The molecule has 3 aliphatic heterocycles. The van der Waals surface area contributed by atoms with E-state index < -0.39 is 47.7 Å². The summed E-state index contributed by atoms with van der Waals surface area (Å²) in [6.45, 7) is 15.2. The lowest BCUT2D eigenvalue weighted by Gasteiger charge is -2.40. The van der Waals surface area contributed by atoms with Crippen LogP contribution in [0.4, 0.5) is 0 Å². The molecule has 0 aromatic carbocycles. The molecule has 0 saturated carbocycles. The third-order valence-electron chi connectivity index (χ3n) is 8.65. The normalized spacial score (nSPS) is 28.9. The number of hydrogen-bond donors (Lipinski definition) is 2. The summed E-state index contributed by atoms with van der Waals surface area (Å²) >= 11 is 0. The van der Waals surface area contributed by atoms with E-state index in [2.05, 4.69) is 25.4 Å². The Kier molecular flexibility index (Phi) is 10.9. The Morgan fingerprint density at radius 1 is 1.27 bits per heavy atom. The second kappa shape index (κ2) is 13.8. The van der Waals surface area contributed by atoms with Crippen LogP contribution in [0.3, 0.4) is 0 Å². The van der Waals surface area contributed by atoms with Gasteiger partial charge in [0.2, 0.25) is 17.7 Å². The number of nitrogens with zero attached hydrogens (tertiary/aromatic N) is 2. The summed E-state index contributed by atoms with van der Waals surface area (Å²) in [5.41, 5.74) is -1.17. The van der Waals surface area contributed by atoms with Crippen molar-refractivity contribution in [2.24, 2.45) is 11.8 Å². The van der Waals surface area contributed by atoms with Gasteiger partial charge in [-0.05, 0) is 46.0 Å². The monoisotopic (exact) mass is 561 g/mol. The van der Waals surface area contributed by atoms with Crippen LogP contribution >= 0.6 is 0 Å². The molecule has 3 heterocycles. The van der Waals surface area contributed by atoms with Gasteiger partial charge in [0, 0.05) is 19.0 Å². The predicted octanol–water partition coefficient (Wildman–Crippen LogP) is 2.35. The van der Waals surface area contributed by atoms with Gasteiger partial charge in [0.15, 0.2) is 0 Å². The molecule has 1 unspecified atom stereocenters. The van der Waals surface area contributed by atoms with Crippen molar-refractivity contribution >= 4 is 23.7 Å². The summed E-state index contributed by atoms with van der Waals surface area (Å²) < 4.78 is 12.2. The summed E-state index contributed by atoms with van der Waals surface area (Å²) in [5.74, 6) is -3.06. The van der Waals surface area contributed by atoms with Gasteiger partial charge >= 0.3 is 5.97 Å². The van der Waals surface area contributed by atoms with E-state index in [1.807, 2.05) is 13.8 Å². The van der Waals surface area contributed by atoms with Crippen LogP contribution in [0.25, 0.3) is 0 Å². The van der Waals surface area contributed by atoms with Gasteiger partial charge in [-0.1, -0.05) is 32.4 Å². The van der Waals surface area contributed by atoms with Crippen molar-refractivity contribution in [2.75, 3.05) is 19.7 Å². The summed E-state index contributed by atoms with van der Waals surface area (Å²) in [5, 5.41) is 13.0. The minimum Gasteiger partial charge on any atom is -0.460 e. The molecule has 0 aromatic rings. The van der Waals surface area contributed by atoms with Gasteiger partial charge < -0.3 is 29.7 Å². The number of likely N-dealkylation sites (tertiary alicyclic amines) is 1. The van der Waals surface area contributed by atoms with Gasteiger partial charge in [-0.2, -0.15) is 0 Å². The van der Waals surface area contributed by atoms with Crippen molar-refractivity contribution < 1.29 is 33.8 Å². The average molecular weight is 562 g/mol. The minimum absolute atomic E-state index is 0.0842. The van der Waals surface area contributed by atoms with Crippen LogP contribution in [0.15, 0.2) is 25.3 Å². The third kappa shape index (κ3) is 5.98. The van der Waals surface area contributed by atoms with Gasteiger partial charge in [-0.25, -0.2) is 0 Å². The maximum Gasteiger partial charge on any atom is 0.312 e. The maximum atomic E-state index is 14.3. The second-order valence-corrected chi connectivity index (χ2v) is 11.3. The zero-order valence-corrected chi connectivity index (χ0v) is 24.5. The Labute approximate surface area is 238 Å². The highest BCUT2D eigenvalue weighted by atomic mass is 16.6. The van der Waals surface area contributed by atoms with Gasteiger partial charge in [0.1, 0.15) is 17.7 Å². The minimum atomic E-state index is -1.17. The maximum absolute atomic E-state index is 14.3. The number of hydrogen-bond acceptors (Lipinski definition) is 7. The zero-order valence-electron chi connectivity index (χ0n) is 24.5. The number of aliphatic hydroxyl groups excluding tert-OH is 1. The average Bonchev–Trinajstić information content (AvgIpc) is 3.57. The Morgan fingerprint density at radius 3 is 2.60 bits per heavy atom. The van der Waals surface area contributed by atoms with E-state index in [-0.39, 0.29) is 36.9 Å². The van der Waals surface area contributed by atoms with Gasteiger partial charge in [-0.3, -0.25) is 19.2 Å². The molecule has 1 spiro atoms. The fraction of sp³-hybridized carbons (Fsp3) is 0.733. The lowest BCUT2D eigenvalue weighted by atomic mass is 9.70. The molecule has 2 bridgehead atoms. The fourth-order valence-corrected chi connectivity index (χ4v) is 6.70. The molecule has 0 aliphatic carbocycles. The van der Waals surface area contributed by atoms with E-state index >= 15 is 0 Å². The first-order valence-electron chi connectivity index (χ1n) is 14.7. The smallest absolute Gasteiger partial charge is 0.312 e. The number of aliphatic hydroxyl groups is 1. The Hall–Kier alpha value is -2.72. The highest BCUT2D eigenvalue weighted by Crippen LogP contribution is 2.59. The molecule has 10 heteroatoms. The first-order valence-corrected chi connectivity index (χ1v) is 14.7. The van der Waals surface area contributed by atoms with E-state index in [4.69, 9.17) is 9.47 Å². The molecular formula is C30H47N3O7. The number of fused-ring (bicyclic) bond motifs is 1. The molecular weight excluding hydrogens is 514 g/mol. The van der Waals surface area contributed by atoms with Crippen molar-refractivity contribution in [3.8, 4) is 0 Å². The van der Waals surface area contributed by atoms with E-state index in [1.54, 1.807) is 24.0 Å². The number of allylic oxidation sites excluding steroid dienone is 1. The highest BCUT2D eigenvalue weighted by molar-refractivity contribution is 5.98. The highest BCUT2D eigenvalue weighted by Gasteiger charge is 2.75. The molecule has 0 aromatic heterocycles. The molecule has 3 fully saturated rings. The van der Waals surface area contributed by atoms with Crippen molar-refractivity contribution in [1.82, 2.24) is 15.1 Å². The third-order valence-corrected chi connectivity index (χ3v) is 8.65. The Morgan fingerprint density at radius 2 is 2.00 bits per heavy atom. The summed E-state index contributed by atoms with van der Waals surface area (Å²) in [6, 6.07) is -1.62. The zero-order chi connectivity index (χ0) is 29.6. The molecule has 3 amide bonds. The molecule has 3 aliphatic rings. The standard InChI is InChI=1S/C30H47N3O7/c1-7-11-13-23(35)31-17-20(6)39-29(38)24-22-14-15-30(40-22)25(24)27(36)33(21(10-4)18-34)26(30)28(37)32(16-9-3)19(5)12-8-2/h7,9,19-22,24-26,34H,1,3,8,10-18H2,2,4-6H3,(H,31,35)/t19?,20-,21-,22-,24+,25+,26-,30+/m0/s1. The first kappa shape index (κ1) is 31.8. The quantitative estimate of drug-likeness (QED) is 0.219. The van der Waals surface area contributed by atoms with Crippen LogP contribution in [0.2, 0.25) is 0 Å². The van der Waals surface area contributed by atoms with Crippen molar-refractivity contribution in [1.29, 1.82) is 0 Å². The van der Waals surface area contributed by atoms with Crippen LogP contribution in [-0.4, -0.2) is 94.2 Å². The fourth-order valence-electron chi connectivity index (χ4n) is 6.70. The van der Waals surface area contributed by atoms with Crippen LogP contribution in [-0.2, 0) is 28.7 Å². The number of carbonyl (C=O) groups excluding carboxylic acids is 4. The molecule has 8 atom stereocenters. The first-order chi connectivity index (χ1) is 19.1. The summed E-state index contributed by atoms with van der Waals surface area (Å²) in [6.07, 6.45) is 6.15. The summed E-state index contributed by atoms with van der Waals surface area (Å²) in [7, 11) is 0. The molecule has 10 nitrogen and oxygen atoms in total. The van der Waals surface area contributed by atoms with E-state index in [0.29, 0.717) is 38.6 Å². The van der Waals surface area contributed by atoms with Crippen LogP contribution in [0.1, 0.15) is 72.6 Å². The topological polar surface area (TPSA) is 125 Å². The molecule has 3 rings (SSSR count). The molecule has 0 radical (unpaired) electrons. The number of nitrogens with one attached hydrogen (secondary N) is 1. The molecule has 40 heavy (non-hydrogen) atoms.